The van der Waals surface area contributed by atoms with Crippen molar-refractivity contribution < 1.29 is 14.6 Å². The summed E-state index contributed by atoms with van der Waals surface area (Å²) >= 11 is 1.54. The number of aromatic nitrogens is 1. The zero-order chi connectivity index (χ0) is 14.3. The van der Waals surface area contributed by atoms with E-state index in [0.29, 0.717) is 18.8 Å². The first-order valence-electron chi connectivity index (χ1n) is 6.22. The summed E-state index contributed by atoms with van der Waals surface area (Å²) in [5, 5.41) is 12.1. The fourth-order valence-electron chi connectivity index (χ4n) is 1.82. The second kappa shape index (κ2) is 8.24. The Hall–Kier alpha value is -0.980. The minimum Gasteiger partial charge on any atom is -0.395 e. The van der Waals surface area contributed by atoms with Gasteiger partial charge in [-0.1, -0.05) is 0 Å². The van der Waals surface area contributed by atoms with Gasteiger partial charge in [0.1, 0.15) is 5.69 Å². The van der Waals surface area contributed by atoms with Crippen molar-refractivity contribution in [2.75, 3.05) is 26.6 Å². The molecule has 2 N–H and O–H groups in total. The fraction of sp³-hybridized carbons (Fsp3) is 0.615. The molecule has 0 bridgehead atoms. The second-order valence-corrected chi connectivity index (χ2v) is 5.38. The first-order valence-corrected chi connectivity index (χ1v) is 7.51. The molecule has 0 aromatic carbocycles. The molecule has 0 aliphatic carbocycles. The lowest BCUT2D eigenvalue weighted by molar-refractivity contribution is 0.0924. The van der Waals surface area contributed by atoms with E-state index in [9.17, 15) is 9.90 Å². The molecule has 1 aromatic rings. The van der Waals surface area contributed by atoms with Crippen LogP contribution in [-0.2, 0) is 11.3 Å². The van der Waals surface area contributed by atoms with Gasteiger partial charge in [0.05, 0.1) is 13.2 Å². The molecule has 19 heavy (non-hydrogen) atoms. The van der Waals surface area contributed by atoms with E-state index < -0.39 is 0 Å². The fourth-order valence-corrected chi connectivity index (χ4v) is 2.44. The van der Waals surface area contributed by atoms with Gasteiger partial charge in [-0.2, -0.15) is 11.8 Å². The average Bonchev–Trinajstić information content (AvgIpc) is 2.86. The highest BCUT2D eigenvalue weighted by atomic mass is 32.2. The number of amides is 1. The van der Waals surface area contributed by atoms with Gasteiger partial charge in [-0.3, -0.25) is 4.79 Å². The number of methoxy groups -OCH3 is 1. The number of carbonyl (C=O) groups excluding carboxylic acids is 1. The molecule has 108 valence electrons. The van der Waals surface area contributed by atoms with Gasteiger partial charge in [0.25, 0.3) is 5.91 Å². The van der Waals surface area contributed by atoms with E-state index in [1.54, 1.807) is 24.9 Å². The molecule has 0 aliphatic rings. The van der Waals surface area contributed by atoms with Crippen LogP contribution in [0.3, 0.4) is 0 Å². The zero-order valence-corrected chi connectivity index (χ0v) is 12.4. The molecule has 0 saturated carbocycles. The molecule has 0 fully saturated rings. The molecular weight excluding hydrogens is 264 g/mol. The number of hydrogen-bond acceptors (Lipinski definition) is 4. The normalized spacial score (nSPS) is 14.1. The van der Waals surface area contributed by atoms with Crippen molar-refractivity contribution in [2.24, 2.45) is 0 Å². The Morgan fingerprint density at radius 1 is 1.63 bits per heavy atom. The number of ether oxygens (including phenoxy) is 1. The number of nitrogens with zero attached hydrogens (tertiary/aromatic N) is 1. The third-order valence-electron chi connectivity index (χ3n) is 3.00. The van der Waals surface area contributed by atoms with Crippen LogP contribution in [0.4, 0.5) is 0 Å². The number of rotatable bonds is 8. The lowest BCUT2D eigenvalue weighted by atomic mass is 10.2. The van der Waals surface area contributed by atoms with Crippen molar-refractivity contribution in [1.29, 1.82) is 0 Å². The predicted octanol–water partition coefficient (Wildman–Crippen LogP) is 0.977. The topological polar surface area (TPSA) is 63.5 Å². The van der Waals surface area contributed by atoms with Crippen molar-refractivity contribution in [1.82, 2.24) is 9.88 Å². The first kappa shape index (κ1) is 16.1. The summed E-state index contributed by atoms with van der Waals surface area (Å²) in [7, 11) is 1.63. The molecule has 1 heterocycles. The maximum atomic E-state index is 12.2. The lowest BCUT2D eigenvalue weighted by Crippen LogP contribution is -2.41. The average molecular weight is 286 g/mol. The molecular formula is C13H22N2O3S. The first-order chi connectivity index (χ1) is 9.13. The maximum Gasteiger partial charge on any atom is 0.268 e. The van der Waals surface area contributed by atoms with E-state index >= 15 is 0 Å². The van der Waals surface area contributed by atoms with E-state index in [1.165, 1.54) is 0 Å². The second-order valence-electron chi connectivity index (χ2n) is 4.30. The van der Waals surface area contributed by atoms with Crippen LogP contribution in [0.1, 0.15) is 17.4 Å². The molecule has 0 spiro atoms. The van der Waals surface area contributed by atoms with Crippen molar-refractivity contribution in [2.45, 2.75) is 24.8 Å². The van der Waals surface area contributed by atoms with Gasteiger partial charge in [-0.25, -0.2) is 0 Å². The van der Waals surface area contributed by atoms with Gasteiger partial charge in [-0.15, -0.1) is 0 Å². The van der Waals surface area contributed by atoms with E-state index in [2.05, 4.69) is 5.32 Å². The van der Waals surface area contributed by atoms with Crippen molar-refractivity contribution >= 4 is 17.7 Å². The van der Waals surface area contributed by atoms with Crippen molar-refractivity contribution in [3.63, 3.8) is 0 Å². The Morgan fingerprint density at radius 3 is 2.95 bits per heavy atom. The lowest BCUT2D eigenvalue weighted by Gasteiger charge is -2.21. The molecule has 6 heteroatoms. The number of nitrogens with one attached hydrogen (secondary N) is 1. The molecule has 1 aromatic heterocycles. The number of aliphatic hydroxyl groups is 1. The Bertz CT molecular complexity index is 391. The quantitative estimate of drug-likeness (QED) is 0.748. The Morgan fingerprint density at radius 2 is 2.37 bits per heavy atom. The van der Waals surface area contributed by atoms with Crippen LogP contribution in [0.2, 0.25) is 0 Å². The van der Waals surface area contributed by atoms with Gasteiger partial charge >= 0.3 is 0 Å². The summed E-state index contributed by atoms with van der Waals surface area (Å²) in [6.45, 7) is 3.16. The van der Waals surface area contributed by atoms with Gasteiger partial charge in [-0.05, 0) is 25.3 Å². The Kier molecular flexibility index (Phi) is 6.97. The third kappa shape index (κ3) is 4.56. The van der Waals surface area contributed by atoms with Crippen LogP contribution < -0.4 is 5.32 Å². The molecule has 5 nitrogen and oxygen atoms in total. The highest BCUT2D eigenvalue weighted by Crippen LogP contribution is 2.11. The van der Waals surface area contributed by atoms with Crippen LogP contribution >= 0.6 is 11.8 Å². The van der Waals surface area contributed by atoms with Gasteiger partial charge in [0.2, 0.25) is 0 Å². The minimum atomic E-state index is -0.124. The summed E-state index contributed by atoms with van der Waals surface area (Å²) in [6, 6.07) is 3.54. The molecule has 1 amide bonds. The number of aliphatic hydroxyl groups excluding tert-OH is 1. The molecule has 0 radical (unpaired) electrons. The van der Waals surface area contributed by atoms with Crippen LogP contribution in [0.5, 0.6) is 0 Å². The van der Waals surface area contributed by atoms with E-state index in [-0.39, 0.29) is 23.8 Å². The number of carbonyl (C=O) groups is 1. The summed E-state index contributed by atoms with van der Waals surface area (Å²) in [4.78, 5) is 12.2. The predicted molar refractivity (Wildman–Crippen MR) is 77.6 cm³/mol. The van der Waals surface area contributed by atoms with Crippen LogP contribution in [-0.4, -0.2) is 53.5 Å². The number of hydrogen-bond donors (Lipinski definition) is 2. The zero-order valence-electron chi connectivity index (χ0n) is 11.6. The van der Waals surface area contributed by atoms with E-state index in [1.807, 2.05) is 30.0 Å². The molecule has 1 rings (SSSR count). The SMILES string of the molecule is COCCn1cccc1C(=O)NC(C)C(CO)SC. The summed E-state index contributed by atoms with van der Waals surface area (Å²) < 4.78 is 6.87. The third-order valence-corrected chi connectivity index (χ3v) is 4.16. The van der Waals surface area contributed by atoms with Gasteiger partial charge in [0, 0.05) is 31.1 Å². The summed E-state index contributed by atoms with van der Waals surface area (Å²) in [6.07, 6.45) is 3.78. The molecule has 2 atom stereocenters. The smallest absolute Gasteiger partial charge is 0.268 e. The monoisotopic (exact) mass is 286 g/mol. The van der Waals surface area contributed by atoms with Crippen molar-refractivity contribution in [3.8, 4) is 0 Å². The van der Waals surface area contributed by atoms with Crippen LogP contribution in [0, 0.1) is 0 Å². The molecule has 2 unspecified atom stereocenters. The highest BCUT2D eigenvalue weighted by Gasteiger charge is 2.19. The molecule has 0 saturated heterocycles. The minimum absolute atomic E-state index is 0.00587. The van der Waals surface area contributed by atoms with E-state index in [0.717, 1.165) is 0 Å². The van der Waals surface area contributed by atoms with Crippen LogP contribution in [0.25, 0.3) is 0 Å². The van der Waals surface area contributed by atoms with E-state index in [4.69, 9.17) is 4.74 Å². The Labute approximate surface area is 118 Å². The highest BCUT2D eigenvalue weighted by molar-refractivity contribution is 7.99. The maximum absolute atomic E-state index is 12.2. The van der Waals surface area contributed by atoms with Gasteiger partial charge < -0.3 is 19.7 Å². The van der Waals surface area contributed by atoms with Gasteiger partial charge in [0.15, 0.2) is 0 Å². The summed E-state index contributed by atoms with van der Waals surface area (Å²) in [5.74, 6) is -0.124. The Balaban J connectivity index is 2.65. The largest absolute Gasteiger partial charge is 0.395 e. The van der Waals surface area contributed by atoms with Crippen molar-refractivity contribution in [3.05, 3.63) is 24.0 Å². The standard InChI is InChI=1S/C13H22N2O3S/c1-10(12(9-16)19-3)14-13(17)11-5-4-6-15(11)7-8-18-2/h4-6,10,12,16H,7-9H2,1-3H3,(H,14,17). The number of thioether (sulfide) groups is 1. The van der Waals surface area contributed by atoms with Crippen LogP contribution in [0.15, 0.2) is 18.3 Å². The summed E-state index contributed by atoms with van der Waals surface area (Å²) in [5.41, 5.74) is 0.613. The molecule has 0 aliphatic heterocycles.